The Labute approximate surface area is 77.1 Å². The molecule has 0 heterocycles. The number of amides is 2. The average molecular weight is 179 g/mol. The van der Waals surface area contributed by atoms with Gasteiger partial charge in [-0.25, -0.2) is 4.79 Å². The lowest BCUT2D eigenvalue weighted by molar-refractivity contribution is 0.250. The molecule has 4 nitrogen and oxygen atoms in total. The molecule has 0 spiro atoms. The van der Waals surface area contributed by atoms with Crippen LogP contribution in [-0.2, 0) is 6.42 Å². The van der Waals surface area contributed by atoms with Crippen molar-refractivity contribution in [2.75, 3.05) is 5.43 Å². The number of nitrogens with one attached hydrogen (secondary N) is 2. The van der Waals surface area contributed by atoms with Crippen LogP contribution in [-0.4, -0.2) is 6.03 Å². The van der Waals surface area contributed by atoms with E-state index in [-0.39, 0.29) is 0 Å². The highest BCUT2D eigenvalue weighted by atomic mass is 16.2. The summed E-state index contributed by atoms with van der Waals surface area (Å²) < 4.78 is 0. The second kappa shape index (κ2) is 4.35. The largest absolute Gasteiger partial charge is 0.350 e. The van der Waals surface area contributed by atoms with Crippen molar-refractivity contribution in [1.29, 1.82) is 0 Å². The van der Waals surface area contributed by atoms with Crippen LogP contribution in [0.15, 0.2) is 24.3 Å². The summed E-state index contributed by atoms with van der Waals surface area (Å²) in [6.45, 7) is 2.07. The molecule has 4 N–H and O–H groups in total. The molecule has 1 rings (SSSR count). The Hall–Kier alpha value is -1.71. The third-order valence-corrected chi connectivity index (χ3v) is 1.67. The van der Waals surface area contributed by atoms with Crippen molar-refractivity contribution in [2.24, 2.45) is 5.73 Å². The number of hydrogen-bond donors (Lipinski definition) is 3. The molecule has 0 bridgehead atoms. The number of anilines is 1. The van der Waals surface area contributed by atoms with Crippen molar-refractivity contribution >= 4 is 11.7 Å². The van der Waals surface area contributed by atoms with E-state index in [2.05, 4.69) is 17.8 Å². The van der Waals surface area contributed by atoms with Crippen molar-refractivity contribution in [2.45, 2.75) is 13.3 Å². The summed E-state index contributed by atoms with van der Waals surface area (Å²) in [5.74, 6) is 0. The molecule has 0 fully saturated rings. The lowest BCUT2D eigenvalue weighted by atomic mass is 10.1. The molecule has 0 radical (unpaired) electrons. The number of urea groups is 1. The second-order valence-corrected chi connectivity index (χ2v) is 2.67. The van der Waals surface area contributed by atoms with Crippen LogP contribution >= 0.6 is 0 Å². The summed E-state index contributed by atoms with van der Waals surface area (Å²) >= 11 is 0. The van der Waals surface area contributed by atoms with E-state index in [1.54, 1.807) is 0 Å². The fraction of sp³-hybridized carbons (Fsp3) is 0.222. The van der Waals surface area contributed by atoms with E-state index in [1.165, 1.54) is 5.56 Å². The predicted molar refractivity (Wildman–Crippen MR) is 52.2 cm³/mol. The van der Waals surface area contributed by atoms with Crippen LogP contribution in [0.1, 0.15) is 12.5 Å². The highest BCUT2D eigenvalue weighted by Gasteiger charge is 1.94. The Kier molecular flexibility index (Phi) is 3.14. The van der Waals surface area contributed by atoms with Crippen molar-refractivity contribution in [1.82, 2.24) is 5.43 Å². The molecular weight excluding hydrogens is 166 g/mol. The van der Waals surface area contributed by atoms with Gasteiger partial charge in [0.2, 0.25) is 0 Å². The fourth-order valence-corrected chi connectivity index (χ4v) is 1.00. The molecule has 0 aromatic heterocycles. The zero-order valence-corrected chi connectivity index (χ0v) is 7.50. The van der Waals surface area contributed by atoms with Crippen LogP contribution in [0.2, 0.25) is 0 Å². The van der Waals surface area contributed by atoms with Gasteiger partial charge in [0.05, 0.1) is 5.69 Å². The van der Waals surface area contributed by atoms with Crippen LogP contribution in [0.3, 0.4) is 0 Å². The normalized spacial score (nSPS) is 9.31. The molecule has 13 heavy (non-hydrogen) atoms. The van der Waals surface area contributed by atoms with Gasteiger partial charge in [-0.3, -0.25) is 10.9 Å². The standard InChI is InChI=1S/C9H13N3O/c1-2-7-4-3-5-8(6-7)11-12-9(10)13/h3-6,11H,2H2,1H3,(H3,10,12,13). The van der Waals surface area contributed by atoms with E-state index in [1.807, 2.05) is 24.3 Å². The number of hydrazine groups is 1. The number of rotatable bonds is 3. The van der Waals surface area contributed by atoms with Gasteiger partial charge in [-0.15, -0.1) is 0 Å². The molecule has 1 aromatic carbocycles. The van der Waals surface area contributed by atoms with Gasteiger partial charge in [0.1, 0.15) is 0 Å². The number of carbonyl (C=O) groups excluding carboxylic acids is 1. The quantitative estimate of drug-likeness (QED) is 0.611. The summed E-state index contributed by atoms with van der Waals surface area (Å²) in [5.41, 5.74) is 11.9. The zero-order valence-electron chi connectivity index (χ0n) is 7.50. The molecule has 0 saturated carbocycles. The van der Waals surface area contributed by atoms with Crippen LogP contribution < -0.4 is 16.6 Å². The average Bonchev–Trinajstić information content (AvgIpc) is 2.15. The molecule has 70 valence electrons. The minimum atomic E-state index is -0.595. The van der Waals surface area contributed by atoms with Crippen molar-refractivity contribution in [3.8, 4) is 0 Å². The van der Waals surface area contributed by atoms with E-state index in [9.17, 15) is 4.79 Å². The van der Waals surface area contributed by atoms with Gasteiger partial charge in [-0.2, -0.15) is 0 Å². The number of benzene rings is 1. The number of nitrogens with two attached hydrogens (primary N) is 1. The Bertz CT molecular complexity index is 299. The monoisotopic (exact) mass is 179 g/mol. The molecule has 0 unspecified atom stereocenters. The van der Waals surface area contributed by atoms with Crippen molar-refractivity contribution in [3.05, 3.63) is 29.8 Å². The highest BCUT2D eigenvalue weighted by Crippen LogP contribution is 2.09. The summed E-state index contributed by atoms with van der Waals surface area (Å²) in [7, 11) is 0. The first-order valence-corrected chi connectivity index (χ1v) is 4.12. The minimum absolute atomic E-state index is 0.595. The lowest BCUT2D eigenvalue weighted by Crippen LogP contribution is -2.34. The Balaban J connectivity index is 2.61. The Morgan fingerprint density at radius 2 is 2.31 bits per heavy atom. The third kappa shape index (κ3) is 3.02. The summed E-state index contributed by atoms with van der Waals surface area (Å²) in [5, 5.41) is 0. The third-order valence-electron chi connectivity index (χ3n) is 1.67. The van der Waals surface area contributed by atoms with Gasteiger partial charge >= 0.3 is 6.03 Å². The first-order chi connectivity index (χ1) is 6.22. The summed E-state index contributed by atoms with van der Waals surface area (Å²) in [6, 6.07) is 7.16. The van der Waals surface area contributed by atoms with Gasteiger partial charge in [0.25, 0.3) is 0 Å². The molecule has 0 saturated heterocycles. The SMILES string of the molecule is CCc1cccc(NNC(N)=O)c1. The Morgan fingerprint density at radius 3 is 2.92 bits per heavy atom. The smallest absolute Gasteiger partial charge is 0.330 e. The van der Waals surface area contributed by atoms with Crippen LogP contribution in [0.25, 0.3) is 0 Å². The topological polar surface area (TPSA) is 67.2 Å². The number of primary amides is 1. The summed E-state index contributed by atoms with van der Waals surface area (Å²) in [6.07, 6.45) is 0.964. The second-order valence-electron chi connectivity index (χ2n) is 2.67. The van der Waals surface area contributed by atoms with Crippen LogP contribution in [0.4, 0.5) is 10.5 Å². The molecule has 4 heteroatoms. The maximum Gasteiger partial charge on any atom is 0.330 e. The van der Waals surface area contributed by atoms with Gasteiger partial charge in [-0.05, 0) is 24.1 Å². The highest BCUT2D eigenvalue weighted by molar-refractivity contribution is 5.73. The van der Waals surface area contributed by atoms with Crippen molar-refractivity contribution in [3.63, 3.8) is 0 Å². The molecule has 0 aliphatic heterocycles. The van der Waals surface area contributed by atoms with Crippen LogP contribution in [0, 0.1) is 0 Å². The molecule has 2 amide bonds. The predicted octanol–water partition coefficient (Wildman–Crippen LogP) is 1.24. The first-order valence-electron chi connectivity index (χ1n) is 4.12. The first kappa shape index (κ1) is 9.38. The van der Waals surface area contributed by atoms with E-state index in [4.69, 9.17) is 5.73 Å². The van der Waals surface area contributed by atoms with E-state index in [0.29, 0.717) is 0 Å². The van der Waals surface area contributed by atoms with Crippen molar-refractivity contribution < 1.29 is 4.79 Å². The van der Waals surface area contributed by atoms with Gasteiger partial charge in [0, 0.05) is 0 Å². The lowest BCUT2D eigenvalue weighted by Gasteiger charge is -2.06. The Morgan fingerprint density at radius 1 is 1.54 bits per heavy atom. The van der Waals surface area contributed by atoms with Crippen LogP contribution in [0.5, 0.6) is 0 Å². The van der Waals surface area contributed by atoms with Gasteiger partial charge < -0.3 is 5.73 Å². The molecule has 1 aromatic rings. The molecule has 0 aliphatic rings. The molecule has 0 atom stereocenters. The number of aryl methyl sites for hydroxylation is 1. The zero-order chi connectivity index (χ0) is 9.68. The maximum absolute atomic E-state index is 10.4. The maximum atomic E-state index is 10.4. The van der Waals surface area contributed by atoms with Gasteiger partial charge in [0.15, 0.2) is 0 Å². The molecule has 0 aliphatic carbocycles. The van der Waals surface area contributed by atoms with E-state index in [0.717, 1.165) is 12.1 Å². The minimum Gasteiger partial charge on any atom is -0.350 e. The van der Waals surface area contributed by atoms with Gasteiger partial charge in [-0.1, -0.05) is 19.1 Å². The fourth-order valence-electron chi connectivity index (χ4n) is 1.00. The summed E-state index contributed by atoms with van der Waals surface area (Å²) in [4.78, 5) is 10.4. The number of hydrogen-bond acceptors (Lipinski definition) is 2. The van der Waals surface area contributed by atoms with E-state index < -0.39 is 6.03 Å². The van der Waals surface area contributed by atoms with E-state index >= 15 is 0 Å². The number of carbonyl (C=O) groups is 1. The molecular formula is C9H13N3O.